The van der Waals surface area contributed by atoms with Crippen LogP contribution in [0, 0.1) is 0 Å². The number of nitrogens with one attached hydrogen (secondary N) is 1. The van der Waals surface area contributed by atoms with Crippen molar-refractivity contribution in [3.8, 4) is 0 Å². The number of carbonyl (C=O) groups is 1. The van der Waals surface area contributed by atoms with Crippen LogP contribution in [0.25, 0.3) is 0 Å². The van der Waals surface area contributed by atoms with Crippen molar-refractivity contribution in [3.05, 3.63) is 39.9 Å². The zero-order valence-corrected chi connectivity index (χ0v) is 11.3. The van der Waals surface area contributed by atoms with Crippen molar-refractivity contribution in [1.82, 2.24) is 15.6 Å². The summed E-state index contributed by atoms with van der Waals surface area (Å²) in [6.07, 6.45) is 1.61. The number of benzene rings is 1. The Hall–Kier alpha value is -1.99. The number of nitrogen functional groups attached to an aromatic ring is 1. The summed E-state index contributed by atoms with van der Waals surface area (Å²) >= 11 is 6.99. The van der Waals surface area contributed by atoms with Crippen molar-refractivity contribution >= 4 is 40.2 Å². The SMILES string of the molecule is Nc1nnc(CC(=O)N/N=C/c2cccc(Cl)c2)s1. The first-order valence-corrected chi connectivity index (χ1v) is 6.48. The van der Waals surface area contributed by atoms with E-state index in [-0.39, 0.29) is 12.3 Å². The number of hydrazone groups is 1. The number of nitrogens with zero attached hydrogens (tertiary/aromatic N) is 3. The first-order valence-electron chi connectivity index (χ1n) is 5.29. The van der Waals surface area contributed by atoms with Gasteiger partial charge in [0, 0.05) is 5.02 Å². The Morgan fingerprint density at radius 3 is 3.05 bits per heavy atom. The van der Waals surface area contributed by atoms with E-state index in [1.807, 2.05) is 6.07 Å². The van der Waals surface area contributed by atoms with Gasteiger partial charge in [-0.15, -0.1) is 10.2 Å². The van der Waals surface area contributed by atoms with Crippen molar-refractivity contribution < 1.29 is 4.79 Å². The van der Waals surface area contributed by atoms with Crippen molar-refractivity contribution in [2.24, 2.45) is 5.10 Å². The largest absolute Gasteiger partial charge is 0.374 e. The van der Waals surface area contributed by atoms with Crippen LogP contribution >= 0.6 is 22.9 Å². The second kappa shape index (κ2) is 6.26. The number of hydrogen-bond acceptors (Lipinski definition) is 6. The predicted octanol–water partition coefficient (Wildman–Crippen LogP) is 1.47. The second-order valence-corrected chi connectivity index (χ2v) is 5.09. The van der Waals surface area contributed by atoms with Gasteiger partial charge in [-0.05, 0) is 17.7 Å². The lowest BCUT2D eigenvalue weighted by atomic mass is 10.2. The van der Waals surface area contributed by atoms with Crippen LogP contribution in [0.4, 0.5) is 5.13 Å². The molecule has 0 radical (unpaired) electrons. The van der Waals surface area contributed by atoms with E-state index in [4.69, 9.17) is 17.3 Å². The molecule has 0 unspecified atom stereocenters. The van der Waals surface area contributed by atoms with E-state index >= 15 is 0 Å². The topological polar surface area (TPSA) is 93.3 Å². The molecule has 1 amide bonds. The molecule has 0 aliphatic heterocycles. The van der Waals surface area contributed by atoms with E-state index in [1.54, 1.807) is 18.2 Å². The molecule has 1 aromatic heterocycles. The molecule has 0 aliphatic carbocycles. The lowest BCUT2D eigenvalue weighted by Gasteiger charge is -1.96. The molecule has 0 saturated heterocycles. The van der Waals surface area contributed by atoms with Gasteiger partial charge in [0.15, 0.2) is 0 Å². The molecule has 2 rings (SSSR count). The summed E-state index contributed by atoms with van der Waals surface area (Å²) in [6, 6.07) is 7.13. The Morgan fingerprint density at radius 2 is 2.37 bits per heavy atom. The molecule has 0 aliphatic rings. The van der Waals surface area contributed by atoms with E-state index in [2.05, 4.69) is 20.7 Å². The van der Waals surface area contributed by atoms with Crippen LogP contribution in [0.5, 0.6) is 0 Å². The molecule has 1 heterocycles. The van der Waals surface area contributed by atoms with Gasteiger partial charge in [-0.25, -0.2) is 5.43 Å². The zero-order chi connectivity index (χ0) is 13.7. The minimum Gasteiger partial charge on any atom is -0.374 e. The van der Waals surface area contributed by atoms with Gasteiger partial charge < -0.3 is 5.73 Å². The van der Waals surface area contributed by atoms with Crippen LogP contribution in [0.15, 0.2) is 29.4 Å². The minimum absolute atomic E-state index is 0.0990. The molecule has 8 heteroatoms. The summed E-state index contributed by atoms with van der Waals surface area (Å²) in [7, 11) is 0. The minimum atomic E-state index is -0.283. The Kier molecular flexibility index (Phi) is 4.43. The highest BCUT2D eigenvalue weighted by Crippen LogP contribution is 2.11. The van der Waals surface area contributed by atoms with E-state index in [9.17, 15) is 4.79 Å². The van der Waals surface area contributed by atoms with Gasteiger partial charge in [0.2, 0.25) is 11.0 Å². The summed E-state index contributed by atoms with van der Waals surface area (Å²) < 4.78 is 0. The van der Waals surface area contributed by atoms with Gasteiger partial charge in [-0.1, -0.05) is 35.1 Å². The number of carbonyl (C=O) groups excluding carboxylic acids is 1. The standard InChI is InChI=1S/C11H10ClN5OS/c12-8-3-1-2-7(4-8)6-14-15-9(18)5-10-16-17-11(13)19-10/h1-4,6H,5H2,(H2,13,17)(H,15,18)/b14-6+. The summed E-state index contributed by atoms with van der Waals surface area (Å²) in [5, 5.41) is 12.7. The maximum Gasteiger partial charge on any atom is 0.247 e. The molecular formula is C11H10ClN5OS. The molecule has 6 nitrogen and oxygen atoms in total. The van der Waals surface area contributed by atoms with Gasteiger partial charge in [0.1, 0.15) is 5.01 Å². The fourth-order valence-electron chi connectivity index (χ4n) is 1.28. The number of aromatic nitrogens is 2. The van der Waals surface area contributed by atoms with Crippen LogP contribution < -0.4 is 11.2 Å². The number of nitrogens with two attached hydrogens (primary N) is 1. The lowest BCUT2D eigenvalue weighted by Crippen LogP contribution is -2.19. The fourth-order valence-corrected chi connectivity index (χ4v) is 2.09. The third kappa shape index (κ3) is 4.31. The molecule has 2 aromatic rings. The van der Waals surface area contributed by atoms with Crippen LogP contribution in [0.3, 0.4) is 0 Å². The van der Waals surface area contributed by atoms with Crippen LogP contribution in [0.2, 0.25) is 5.02 Å². The number of amides is 1. The average molecular weight is 296 g/mol. The fraction of sp³-hybridized carbons (Fsp3) is 0.0909. The van der Waals surface area contributed by atoms with E-state index in [0.717, 1.165) is 5.56 Å². The molecule has 0 bridgehead atoms. The smallest absolute Gasteiger partial charge is 0.247 e. The van der Waals surface area contributed by atoms with E-state index < -0.39 is 0 Å². The Morgan fingerprint density at radius 1 is 1.53 bits per heavy atom. The van der Waals surface area contributed by atoms with Crippen molar-refractivity contribution in [1.29, 1.82) is 0 Å². The van der Waals surface area contributed by atoms with Gasteiger partial charge >= 0.3 is 0 Å². The highest BCUT2D eigenvalue weighted by molar-refractivity contribution is 7.15. The average Bonchev–Trinajstić information content (AvgIpc) is 2.75. The first kappa shape index (κ1) is 13.4. The molecule has 98 valence electrons. The molecule has 19 heavy (non-hydrogen) atoms. The quantitative estimate of drug-likeness (QED) is 0.660. The predicted molar refractivity (Wildman–Crippen MR) is 75.2 cm³/mol. The van der Waals surface area contributed by atoms with Crippen molar-refractivity contribution in [2.75, 3.05) is 5.73 Å². The molecule has 0 spiro atoms. The zero-order valence-electron chi connectivity index (χ0n) is 9.71. The highest BCUT2D eigenvalue weighted by atomic mass is 35.5. The lowest BCUT2D eigenvalue weighted by molar-refractivity contribution is -0.120. The maximum absolute atomic E-state index is 11.5. The van der Waals surface area contributed by atoms with Gasteiger partial charge in [-0.2, -0.15) is 5.10 Å². The second-order valence-electron chi connectivity index (χ2n) is 3.56. The van der Waals surface area contributed by atoms with E-state index in [1.165, 1.54) is 17.6 Å². The molecular weight excluding hydrogens is 286 g/mol. The number of hydrogen-bond donors (Lipinski definition) is 2. The van der Waals surface area contributed by atoms with Gasteiger partial charge in [-0.3, -0.25) is 4.79 Å². The van der Waals surface area contributed by atoms with E-state index in [0.29, 0.717) is 15.2 Å². The number of anilines is 1. The highest BCUT2D eigenvalue weighted by Gasteiger charge is 2.06. The van der Waals surface area contributed by atoms with Crippen LogP contribution in [0.1, 0.15) is 10.6 Å². The Bertz CT molecular complexity index is 613. The Labute approximate surface area is 118 Å². The summed E-state index contributed by atoms with van der Waals surface area (Å²) in [5.74, 6) is -0.283. The van der Waals surface area contributed by atoms with Crippen molar-refractivity contribution in [3.63, 3.8) is 0 Å². The summed E-state index contributed by atoms with van der Waals surface area (Å²) in [5.41, 5.74) is 8.61. The summed E-state index contributed by atoms with van der Waals surface area (Å²) in [4.78, 5) is 11.5. The van der Waals surface area contributed by atoms with Crippen molar-refractivity contribution in [2.45, 2.75) is 6.42 Å². The molecule has 3 N–H and O–H groups in total. The number of rotatable bonds is 4. The van der Waals surface area contributed by atoms with Crippen LogP contribution in [-0.2, 0) is 11.2 Å². The monoisotopic (exact) mass is 295 g/mol. The van der Waals surface area contributed by atoms with Gasteiger partial charge in [0.25, 0.3) is 0 Å². The molecule has 0 fully saturated rings. The number of halogens is 1. The summed E-state index contributed by atoms with van der Waals surface area (Å²) in [6.45, 7) is 0. The van der Waals surface area contributed by atoms with Gasteiger partial charge in [0.05, 0.1) is 12.6 Å². The third-order valence-corrected chi connectivity index (χ3v) is 3.03. The molecule has 0 saturated carbocycles. The maximum atomic E-state index is 11.5. The molecule has 1 aromatic carbocycles. The first-order chi connectivity index (χ1) is 9.13. The van der Waals surface area contributed by atoms with Crippen LogP contribution in [-0.4, -0.2) is 22.3 Å². The normalized spacial score (nSPS) is 10.8. The third-order valence-electron chi connectivity index (χ3n) is 2.05. The Balaban J connectivity index is 1.86. The molecule has 0 atom stereocenters.